The molecule has 0 aliphatic carbocycles. The Kier molecular flexibility index (Phi) is 2.84. The molecule has 17 heavy (non-hydrogen) atoms. The molecule has 1 aromatic heterocycles. The first kappa shape index (κ1) is 10.8. The van der Waals surface area contributed by atoms with Gasteiger partial charge in [-0.3, -0.25) is 5.32 Å². The minimum absolute atomic E-state index is 0.565. The molecule has 0 spiro atoms. The molecule has 2 aliphatic rings. The van der Waals surface area contributed by atoms with Crippen LogP contribution in [0.1, 0.15) is 13.3 Å². The van der Waals surface area contributed by atoms with E-state index in [1.165, 1.54) is 5.82 Å². The second-order valence-electron chi connectivity index (χ2n) is 4.77. The van der Waals surface area contributed by atoms with Gasteiger partial charge in [0.25, 0.3) is 0 Å². The summed E-state index contributed by atoms with van der Waals surface area (Å²) in [5, 5.41) is 6.91. The van der Waals surface area contributed by atoms with Crippen LogP contribution < -0.4 is 20.1 Å². The van der Waals surface area contributed by atoms with E-state index in [9.17, 15) is 0 Å². The molecule has 2 aliphatic heterocycles. The normalized spacial score (nSPS) is 23.4. The number of nitrogens with one attached hydrogen (secondary N) is 2. The summed E-state index contributed by atoms with van der Waals surface area (Å²) in [5.74, 6) is 2.31. The molecule has 0 aromatic carbocycles. The predicted octanol–water partition coefficient (Wildman–Crippen LogP) is -0.0172. The Hall–Kier alpha value is -1.36. The second-order valence-corrected chi connectivity index (χ2v) is 4.77. The maximum absolute atomic E-state index is 4.56. The van der Waals surface area contributed by atoms with Gasteiger partial charge in [-0.2, -0.15) is 0 Å². The summed E-state index contributed by atoms with van der Waals surface area (Å²) in [6.07, 6.45) is 3.13. The molecule has 0 saturated carbocycles. The Morgan fingerprint density at radius 1 is 1.47 bits per heavy atom. The van der Waals surface area contributed by atoms with Gasteiger partial charge in [0, 0.05) is 26.2 Å². The Labute approximate surface area is 102 Å². The number of rotatable bonds is 2. The van der Waals surface area contributed by atoms with Gasteiger partial charge in [0.2, 0.25) is 18.0 Å². The molecule has 0 bridgehead atoms. The van der Waals surface area contributed by atoms with E-state index in [0.29, 0.717) is 6.04 Å². The molecule has 3 rings (SSSR count). The predicted molar refractivity (Wildman–Crippen MR) is 67.2 cm³/mol. The minimum atomic E-state index is 0.565. The third-order valence-electron chi connectivity index (χ3n) is 3.61. The summed E-state index contributed by atoms with van der Waals surface area (Å²) in [6.45, 7) is 7.46. The van der Waals surface area contributed by atoms with Gasteiger partial charge in [0.1, 0.15) is 12.6 Å². The van der Waals surface area contributed by atoms with E-state index in [1.54, 1.807) is 0 Å². The lowest BCUT2D eigenvalue weighted by molar-refractivity contribution is -0.676. The lowest BCUT2D eigenvalue weighted by Gasteiger charge is -2.26. The highest BCUT2D eigenvalue weighted by Crippen LogP contribution is 2.18. The van der Waals surface area contributed by atoms with E-state index < -0.39 is 0 Å². The van der Waals surface area contributed by atoms with Gasteiger partial charge in [-0.25, -0.2) is 4.57 Å². The Morgan fingerprint density at radius 3 is 3.06 bits per heavy atom. The van der Waals surface area contributed by atoms with Crippen molar-refractivity contribution in [2.45, 2.75) is 25.9 Å². The van der Waals surface area contributed by atoms with E-state index in [0.717, 1.165) is 45.0 Å². The van der Waals surface area contributed by atoms with E-state index >= 15 is 0 Å². The molecule has 1 saturated heterocycles. The number of hydrogen-bond acceptors (Lipinski definition) is 4. The summed E-state index contributed by atoms with van der Waals surface area (Å²) in [5.41, 5.74) is 0. The number of nitrogens with zero attached hydrogens (tertiary/aromatic N) is 3. The summed E-state index contributed by atoms with van der Waals surface area (Å²) >= 11 is 0. The first-order chi connectivity index (χ1) is 8.36. The minimum Gasteiger partial charge on any atom is -0.340 e. The van der Waals surface area contributed by atoms with Crippen LogP contribution in [0.3, 0.4) is 0 Å². The molecular formula is C12H20N5+. The number of anilines is 2. The van der Waals surface area contributed by atoms with Gasteiger partial charge < -0.3 is 10.2 Å². The largest absolute Gasteiger partial charge is 0.340 e. The third kappa shape index (κ3) is 2.07. The van der Waals surface area contributed by atoms with Crippen molar-refractivity contribution >= 4 is 11.6 Å². The van der Waals surface area contributed by atoms with E-state index in [4.69, 9.17) is 0 Å². The van der Waals surface area contributed by atoms with Crippen molar-refractivity contribution in [2.24, 2.45) is 0 Å². The Bertz CT molecular complexity index is 400. The van der Waals surface area contributed by atoms with Crippen LogP contribution in [0.15, 0.2) is 12.4 Å². The maximum Gasteiger partial charge on any atom is 0.228 e. The topological polar surface area (TPSA) is 44.1 Å². The van der Waals surface area contributed by atoms with Gasteiger partial charge in [0.05, 0.1) is 6.07 Å². The first-order valence-corrected chi connectivity index (χ1v) is 6.48. The third-order valence-corrected chi connectivity index (χ3v) is 3.61. The van der Waals surface area contributed by atoms with Gasteiger partial charge >= 0.3 is 0 Å². The zero-order valence-electron chi connectivity index (χ0n) is 10.3. The monoisotopic (exact) mass is 234 g/mol. The molecule has 1 fully saturated rings. The van der Waals surface area contributed by atoms with Gasteiger partial charge in [0.15, 0.2) is 0 Å². The van der Waals surface area contributed by atoms with Crippen LogP contribution >= 0.6 is 0 Å². The molecule has 5 nitrogen and oxygen atoms in total. The number of piperazine rings is 1. The van der Waals surface area contributed by atoms with Gasteiger partial charge in [-0.05, 0) is 6.42 Å². The molecule has 5 heteroatoms. The molecule has 1 aromatic rings. The van der Waals surface area contributed by atoms with Crippen LogP contribution in [-0.4, -0.2) is 37.2 Å². The fourth-order valence-electron chi connectivity index (χ4n) is 2.49. The van der Waals surface area contributed by atoms with Crippen molar-refractivity contribution in [3.05, 3.63) is 12.4 Å². The van der Waals surface area contributed by atoms with Crippen molar-refractivity contribution in [3.8, 4) is 0 Å². The average Bonchev–Trinajstić information content (AvgIpc) is 2.81. The van der Waals surface area contributed by atoms with Crippen LogP contribution in [0.25, 0.3) is 0 Å². The zero-order chi connectivity index (χ0) is 11.7. The maximum atomic E-state index is 4.56. The number of fused-ring (bicyclic) bond motifs is 1. The fourth-order valence-corrected chi connectivity index (χ4v) is 2.49. The van der Waals surface area contributed by atoms with E-state index in [2.05, 4.69) is 38.1 Å². The highest BCUT2D eigenvalue weighted by Gasteiger charge is 2.26. The van der Waals surface area contributed by atoms with E-state index in [-0.39, 0.29) is 0 Å². The summed E-state index contributed by atoms with van der Waals surface area (Å²) in [6, 6.07) is 2.75. The molecule has 1 atom stereocenters. The van der Waals surface area contributed by atoms with Crippen LogP contribution in [0.2, 0.25) is 0 Å². The van der Waals surface area contributed by atoms with Gasteiger partial charge in [-0.15, -0.1) is 0 Å². The molecule has 0 unspecified atom stereocenters. The number of hydrogen-bond donors (Lipinski definition) is 2. The molecule has 0 amide bonds. The summed E-state index contributed by atoms with van der Waals surface area (Å²) < 4.78 is 2.21. The highest BCUT2D eigenvalue weighted by atomic mass is 15.3. The van der Waals surface area contributed by atoms with Gasteiger partial charge in [-0.1, -0.05) is 11.9 Å². The lowest BCUT2D eigenvalue weighted by Crippen LogP contribution is -2.44. The Balaban J connectivity index is 1.80. The smallest absolute Gasteiger partial charge is 0.228 e. The first-order valence-electron chi connectivity index (χ1n) is 6.48. The van der Waals surface area contributed by atoms with Crippen molar-refractivity contribution in [3.63, 3.8) is 0 Å². The van der Waals surface area contributed by atoms with Crippen molar-refractivity contribution < 1.29 is 4.57 Å². The zero-order valence-corrected chi connectivity index (χ0v) is 10.3. The van der Waals surface area contributed by atoms with Crippen LogP contribution in [-0.2, 0) is 6.54 Å². The molecule has 0 radical (unpaired) electrons. The SMILES string of the molecule is CC[C@@H]1C[n+]2cnc(N3CCNCC3)cc2N1. The molecule has 92 valence electrons. The van der Waals surface area contributed by atoms with Crippen molar-refractivity contribution in [2.75, 3.05) is 36.4 Å². The van der Waals surface area contributed by atoms with E-state index in [1.807, 2.05) is 6.33 Å². The van der Waals surface area contributed by atoms with Crippen LogP contribution in [0.5, 0.6) is 0 Å². The lowest BCUT2D eigenvalue weighted by atomic mass is 10.2. The van der Waals surface area contributed by atoms with Crippen molar-refractivity contribution in [1.82, 2.24) is 10.3 Å². The fraction of sp³-hybridized carbons (Fsp3) is 0.667. The molecular weight excluding hydrogens is 214 g/mol. The number of aromatic nitrogens is 2. The molecule has 3 heterocycles. The summed E-state index contributed by atoms with van der Waals surface area (Å²) in [4.78, 5) is 6.91. The molecule has 2 N–H and O–H groups in total. The second kappa shape index (κ2) is 4.49. The van der Waals surface area contributed by atoms with Crippen molar-refractivity contribution in [1.29, 1.82) is 0 Å². The quantitative estimate of drug-likeness (QED) is 0.706. The standard InChI is InChI=1S/C12H19N5/c1-2-10-8-17-9-14-11(7-12(17)15-10)16-5-3-13-4-6-16/h7,9-10,13H,2-6,8H2,1H3/p+1/t10-/m1/s1. The van der Waals surface area contributed by atoms with Crippen LogP contribution in [0.4, 0.5) is 11.6 Å². The average molecular weight is 234 g/mol. The summed E-state index contributed by atoms with van der Waals surface area (Å²) in [7, 11) is 0. The Morgan fingerprint density at radius 2 is 2.29 bits per heavy atom. The van der Waals surface area contributed by atoms with Crippen LogP contribution in [0, 0.1) is 0 Å². The highest BCUT2D eigenvalue weighted by molar-refractivity contribution is 5.47.